The Kier molecular flexibility index (Phi) is 6.69. The topological polar surface area (TPSA) is 65.8 Å². The van der Waals surface area contributed by atoms with Gasteiger partial charge in [-0.05, 0) is 51.8 Å². The summed E-state index contributed by atoms with van der Waals surface area (Å²) in [6.07, 6.45) is -9.01. The van der Waals surface area contributed by atoms with E-state index < -0.39 is 41.0 Å². The van der Waals surface area contributed by atoms with Gasteiger partial charge in [0, 0.05) is 0 Å². The maximum Gasteiger partial charge on any atom is 0.416 e. The van der Waals surface area contributed by atoms with Crippen molar-refractivity contribution in [2.75, 3.05) is 0 Å². The van der Waals surface area contributed by atoms with E-state index in [0.29, 0.717) is 16.7 Å². The minimum Gasteiger partial charge on any atom is -0.336 e. The van der Waals surface area contributed by atoms with Crippen LogP contribution in [0.1, 0.15) is 22.9 Å². The van der Waals surface area contributed by atoms with Crippen molar-refractivity contribution in [1.29, 1.82) is 5.26 Å². The molecule has 152 valence electrons. The molecule has 1 amide bonds. The molecule has 4 nitrogen and oxygen atoms in total. The molecule has 0 aliphatic carbocycles. The molecular formula is C18H10BrF6N3O. The van der Waals surface area contributed by atoms with E-state index in [1.807, 2.05) is 0 Å². The number of carbonyl (C=O) groups excluding carboxylic acids is 1. The van der Waals surface area contributed by atoms with Crippen molar-refractivity contribution in [3.05, 3.63) is 69.5 Å². The standard InChI is InChI=1S/C18H10BrF6N3O/c19-14-6-2-5-13(27-14)8-11(9-26)16(29)28-15(18(23,24)25)10-3-1-4-12(7-10)17(20,21)22/h1-8,15H,(H,28,29)/b11-8+/t15-/m1/s1. The predicted octanol–water partition coefficient (Wildman–Crippen LogP) is 5.19. The van der Waals surface area contributed by atoms with Gasteiger partial charge < -0.3 is 5.32 Å². The lowest BCUT2D eigenvalue weighted by Crippen LogP contribution is -2.38. The Morgan fingerprint density at radius 1 is 1.14 bits per heavy atom. The zero-order valence-electron chi connectivity index (χ0n) is 14.1. The molecule has 0 radical (unpaired) electrons. The van der Waals surface area contributed by atoms with Crippen molar-refractivity contribution in [3.63, 3.8) is 0 Å². The van der Waals surface area contributed by atoms with Crippen molar-refractivity contribution >= 4 is 27.9 Å². The summed E-state index contributed by atoms with van der Waals surface area (Å²) < 4.78 is 79.1. The number of nitrogens with one attached hydrogen (secondary N) is 1. The van der Waals surface area contributed by atoms with Crippen molar-refractivity contribution in [3.8, 4) is 6.07 Å². The molecule has 0 bridgehead atoms. The first-order valence-electron chi connectivity index (χ1n) is 7.71. The maximum atomic E-state index is 13.4. The van der Waals surface area contributed by atoms with E-state index in [1.165, 1.54) is 18.2 Å². The molecule has 1 atom stereocenters. The van der Waals surface area contributed by atoms with Gasteiger partial charge in [-0.15, -0.1) is 0 Å². The van der Waals surface area contributed by atoms with Crippen LogP contribution in [0.25, 0.3) is 6.08 Å². The van der Waals surface area contributed by atoms with Crippen LogP contribution >= 0.6 is 15.9 Å². The Hall–Kier alpha value is -2.87. The number of aromatic nitrogens is 1. The largest absolute Gasteiger partial charge is 0.416 e. The Morgan fingerprint density at radius 3 is 2.34 bits per heavy atom. The molecule has 0 saturated carbocycles. The number of pyridine rings is 1. The number of halogens is 7. The normalized spacial score (nSPS) is 13.5. The van der Waals surface area contributed by atoms with Crippen LogP contribution < -0.4 is 5.32 Å². The maximum absolute atomic E-state index is 13.4. The molecule has 0 unspecified atom stereocenters. The zero-order chi connectivity index (χ0) is 21.8. The number of nitriles is 1. The summed E-state index contributed by atoms with van der Waals surface area (Å²) in [7, 11) is 0. The van der Waals surface area contributed by atoms with E-state index in [2.05, 4.69) is 20.9 Å². The highest BCUT2D eigenvalue weighted by atomic mass is 79.9. The third kappa shape index (κ3) is 6.05. The highest BCUT2D eigenvalue weighted by Crippen LogP contribution is 2.36. The second-order valence-corrected chi connectivity index (χ2v) is 6.44. The van der Waals surface area contributed by atoms with E-state index in [0.717, 1.165) is 18.2 Å². The van der Waals surface area contributed by atoms with Gasteiger partial charge in [0.05, 0.1) is 11.3 Å². The van der Waals surface area contributed by atoms with Crippen LogP contribution in [0.3, 0.4) is 0 Å². The molecule has 0 spiro atoms. The van der Waals surface area contributed by atoms with Gasteiger partial charge in [0.15, 0.2) is 6.04 Å². The SMILES string of the molecule is N#C/C(=C\c1cccc(Br)n1)C(=O)N[C@H](c1cccc(C(F)(F)F)c1)C(F)(F)F. The van der Waals surface area contributed by atoms with Crippen LogP contribution in [0, 0.1) is 11.3 Å². The number of benzene rings is 1. The Morgan fingerprint density at radius 2 is 1.79 bits per heavy atom. The second kappa shape index (κ2) is 8.65. The third-order valence-electron chi connectivity index (χ3n) is 3.54. The molecule has 1 N–H and O–H groups in total. The van der Waals surface area contributed by atoms with Gasteiger partial charge in [-0.3, -0.25) is 4.79 Å². The molecule has 0 aliphatic rings. The molecule has 11 heteroatoms. The quantitative estimate of drug-likeness (QED) is 0.285. The number of hydrogen-bond donors (Lipinski definition) is 1. The van der Waals surface area contributed by atoms with E-state index >= 15 is 0 Å². The molecule has 0 saturated heterocycles. The number of nitrogens with zero attached hydrogens (tertiary/aromatic N) is 2. The first-order chi connectivity index (χ1) is 13.4. The van der Waals surface area contributed by atoms with Gasteiger partial charge in [-0.25, -0.2) is 4.98 Å². The molecule has 1 aromatic heterocycles. The summed E-state index contributed by atoms with van der Waals surface area (Å²) >= 11 is 3.07. The molecule has 0 aliphatic heterocycles. The number of alkyl halides is 6. The highest BCUT2D eigenvalue weighted by Gasteiger charge is 2.43. The van der Waals surface area contributed by atoms with Crippen molar-refractivity contribution < 1.29 is 31.1 Å². The molecule has 29 heavy (non-hydrogen) atoms. The molecule has 2 rings (SSSR count). The van der Waals surface area contributed by atoms with Crippen LogP contribution in [0.15, 0.2) is 52.6 Å². The number of rotatable bonds is 4. The van der Waals surface area contributed by atoms with Crippen molar-refractivity contribution in [1.82, 2.24) is 10.3 Å². The molecule has 1 aromatic carbocycles. The van der Waals surface area contributed by atoms with Crippen LogP contribution in [-0.2, 0) is 11.0 Å². The molecule has 1 heterocycles. The monoisotopic (exact) mass is 477 g/mol. The van der Waals surface area contributed by atoms with Crippen LogP contribution in [-0.4, -0.2) is 17.1 Å². The Bertz CT molecular complexity index is 979. The van der Waals surface area contributed by atoms with Crippen LogP contribution in [0.2, 0.25) is 0 Å². The van der Waals surface area contributed by atoms with Gasteiger partial charge in [-0.1, -0.05) is 18.2 Å². The third-order valence-corrected chi connectivity index (χ3v) is 3.99. The first-order valence-corrected chi connectivity index (χ1v) is 8.50. The molecular weight excluding hydrogens is 468 g/mol. The van der Waals surface area contributed by atoms with Crippen molar-refractivity contribution in [2.45, 2.75) is 18.4 Å². The highest BCUT2D eigenvalue weighted by molar-refractivity contribution is 9.10. The smallest absolute Gasteiger partial charge is 0.336 e. The molecule has 2 aromatic rings. The van der Waals surface area contributed by atoms with Crippen molar-refractivity contribution in [2.24, 2.45) is 0 Å². The summed E-state index contributed by atoms with van der Waals surface area (Å²) in [5.74, 6) is -1.41. The summed E-state index contributed by atoms with van der Waals surface area (Å²) in [4.78, 5) is 16.1. The first kappa shape index (κ1) is 22.4. The van der Waals surface area contributed by atoms with E-state index in [1.54, 1.807) is 11.4 Å². The average Bonchev–Trinajstić information content (AvgIpc) is 2.62. The molecule has 0 fully saturated rings. The number of carbonyl (C=O) groups is 1. The van der Waals surface area contributed by atoms with E-state index in [-0.39, 0.29) is 5.69 Å². The van der Waals surface area contributed by atoms with Crippen LogP contribution in [0.5, 0.6) is 0 Å². The summed E-state index contributed by atoms with van der Waals surface area (Å²) in [6.45, 7) is 0. The fraction of sp³-hybridized carbons (Fsp3) is 0.167. The number of amides is 1. The van der Waals surface area contributed by atoms with Crippen LogP contribution in [0.4, 0.5) is 26.3 Å². The lowest BCUT2D eigenvalue weighted by atomic mass is 10.0. The van der Waals surface area contributed by atoms with Gasteiger partial charge in [0.25, 0.3) is 5.91 Å². The minimum atomic E-state index is -5.10. The fourth-order valence-corrected chi connectivity index (χ4v) is 2.62. The van der Waals surface area contributed by atoms with Gasteiger partial charge in [-0.2, -0.15) is 31.6 Å². The average molecular weight is 478 g/mol. The Labute approximate surface area is 169 Å². The second-order valence-electron chi connectivity index (χ2n) is 5.63. The summed E-state index contributed by atoms with van der Waals surface area (Å²) in [5.41, 5.74) is -2.70. The van der Waals surface area contributed by atoms with Gasteiger partial charge >= 0.3 is 12.4 Å². The van der Waals surface area contributed by atoms with Gasteiger partial charge in [0.2, 0.25) is 0 Å². The summed E-state index contributed by atoms with van der Waals surface area (Å²) in [6, 6.07) is 5.71. The minimum absolute atomic E-state index is 0.119. The summed E-state index contributed by atoms with van der Waals surface area (Å²) in [5, 5.41) is 10.7. The lowest BCUT2D eigenvalue weighted by molar-refractivity contribution is -0.162. The zero-order valence-corrected chi connectivity index (χ0v) is 15.7. The fourth-order valence-electron chi connectivity index (χ4n) is 2.26. The van der Waals surface area contributed by atoms with E-state index in [9.17, 15) is 31.1 Å². The Balaban J connectivity index is 2.38. The lowest BCUT2D eigenvalue weighted by Gasteiger charge is -2.22. The van der Waals surface area contributed by atoms with Gasteiger partial charge in [0.1, 0.15) is 16.2 Å². The predicted molar refractivity (Wildman–Crippen MR) is 93.9 cm³/mol. The van der Waals surface area contributed by atoms with E-state index in [4.69, 9.17) is 5.26 Å². The number of hydrogen-bond acceptors (Lipinski definition) is 3.